The summed E-state index contributed by atoms with van der Waals surface area (Å²) in [6.07, 6.45) is 3.97. The molecular weight excluding hydrogens is 224 g/mol. The molecule has 4 heteroatoms. The molecule has 0 spiro atoms. The Morgan fingerprint density at radius 2 is 2.22 bits per heavy atom. The van der Waals surface area contributed by atoms with Crippen molar-refractivity contribution in [2.24, 2.45) is 7.05 Å². The number of anilines is 1. The Kier molecular flexibility index (Phi) is 2.55. The number of H-pyrrole nitrogens is 1. The average molecular weight is 240 g/mol. The molecule has 2 heterocycles. The van der Waals surface area contributed by atoms with Gasteiger partial charge in [-0.15, -0.1) is 0 Å². The van der Waals surface area contributed by atoms with Crippen molar-refractivity contribution < 1.29 is 0 Å². The van der Waals surface area contributed by atoms with Gasteiger partial charge in [-0.1, -0.05) is 6.07 Å². The van der Waals surface area contributed by atoms with Crippen LogP contribution in [0, 0.1) is 6.92 Å². The molecule has 3 aromatic rings. The molecule has 18 heavy (non-hydrogen) atoms. The van der Waals surface area contributed by atoms with E-state index in [1.54, 1.807) is 0 Å². The van der Waals surface area contributed by atoms with Crippen LogP contribution in [0.4, 0.5) is 5.69 Å². The number of aromatic nitrogens is 3. The molecule has 0 aliphatic carbocycles. The third kappa shape index (κ3) is 1.97. The van der Waals surface area contributed by atoms with E-state index in [1.165, 1.54) is 16.5 Å². The lowest BCUT2D eigenvalue weighted by atomic mass is 10.1. The Balaban J connectivity index is 1.78. The summed E-state index contributed by atoms with van der Waals surface area (Å²) in [5, 5.41) is 8.97. The van der Waals surface area contributed by atoms with E-state index in [-0.39, 0.29) is 0 Å². The van der Waals surface area contributed by atoms with Crippen molar-refractivity contribution in [3.05, 3.63) is 47.9 Å². The summed E-state index contributed by atoms with van der Waals surface area (Å²) in [4.78, 5) is 3.20. The quantitative estimate of drug-likeness (QED) is 0.739. The molecule has 2 aromatic heterocycles. The highest BCUT2D eigenvalue weighted by molar-refractivity contribution is 5.79. The first kappa shape index (κ1) is 10.9. The number of benzene rings is 1. The van der Waals surface area contributed by atoms with Gasteiger partial charge >= 0.3 is 0 Å². The van der Waals surface area contributed by atoms with Crippen LogP contribution in [0.5, 0.6) is 0 Å². The van der Waals surface area contributed by atoms with Crippen molar-refractivity contribution in [2.45, 2.75) is 13.5 Å². The van der Waals surface area contributed by atoms with Crippen LogP contribution in [0.2, 0.25) is 0 Å². The van der Waals surface area contributed by atoms with Gasteiger partial charge in [0, 0.05) is 31.5 Å². The SMILES string of the molecule is Cc1nn(C)cc1NCc1ccc2[nH]ccc2c1. The van der Waals surface area contributed by atoms with Crippen LogP contribution < -0.4 is 5.32 Å². The van der Waals surface area contributed by atoms with Crippen LogP contribution in [0.15, 0.2) is 36.7 Å². The van der Waals surface area contributed by atoms with Gasteiger partial charge in [-0.3, -0.25) is 4.68 Å². The fraction of sp³-hybridized carbons (Fsp3) is 0.214. The second-order valence-electron chi connectivity index (χ2n) is 4.55. The van der Waals surface area contributed by atoms with Crippen LogP contribution in [0.1, 0.15) is 11.3 Å². The van der Waals surface area contributed by atoms with Gasteiger partial charge in [0.25, 0.3) is 0 Å². The highest BCUT2D eigenvalue weighted by atomic mass is 15.3. The zero-order chi connectivity index (χ0) is 12.5. The summed E-state index contributed by atoms with van der Waals surface area (Å²) in [6, 6.07) is 8.54. The van der Waals surface area contributed by atoms with Gasteiger partial charge in [0.2, 0.25) is 0 Å². The van der Waals surface area contributed by atoms with Crippen molar-refractivity contribution in [3.8, 4) is 0 Å². The molecule has 0 aliphatic rings. The van der Waals surface area contributed by atoms with E-state index < -0.39 is 0 Å². The molecule has 0 atom stereocenters. The summed E-state index contributed by atoms with van der Waals surface area (Å²) >= 11 is 0. The molecular formula is C14H16N4. The van der Waals surface area contributed by atoms with Gasteiger partial charge in [0.1, 0.15) is 0 Å². The first-order chi connectivity index (χ1) is 8.72. The predicted octanol–water partition coefficient (Wildman–Crippen LogP) is 2.82. The fourth-order valence-electron chi connectivity index (χ4n) is 2.18. The second kappa shape index (κ2) is 4.22. The molecule has 2 N–H and O–H groups in total. The van der Waals surface area contributed by atoms with Crippen molar-refractivity contribution in [3.63, 3.8) is 0 Å². The van der Waals surface area contributed by atoms with Crippen LogP contribution >= 0.6 is 0 Å². The van der Waals surface area contributed by atoms with Crippen molar-refractivity contribution in [2.75, 3.05) is 5.32 Å². The normalized spacial score (nSPS) is 11.0. The molecule has 1 aromatic carbocycles. The number of hydrogen-bond donors (Lipinski definition) is 2. The van der Waals surface area contributed by atoms with Gasteiger partial charge in [0.15, 0.2) is 0 Å². The van der Waals surface area contributed by atoms with Gasteiger partial charge in [-0.25, -0.2) is 0 Å². The first-order valence-electron chi connectivity index (χ1n) is 6.02. The Bertz CT molecular complexity index is 678. The van der Waals surface area contributed by atoms with Crippen molar-refractivity contribution in [1.29, 1.82) is 0 Å². The molecule has 0 saturated heterocycles. The molecule has 0 amide bonds. The Hall–Kier alpha value is -2.23. The minimum absolute atomic E-state index is 0.813. The number of hydrogen-bond acceptors (Lipinski definition) is 2. The summed E-state index contributed by atoms with van der Waals surface area (Å²) < 4.78 is 1.83. The number of fused-ring (bicyclic) bond motifs is 1. The molecule has 0 radical (unpaired) electrons. The minimum atomic E-state index is 0.813. The van der Waals surface area contributed by atoms with Crippen LogP contribution in [0.25, 0.3) is 10.9 Å². The predicted molar refractivity (Wildman–Crippen MR) is 73.6 cm³/mol. The Morgan fingerprint density at radius 1 is 1.33 bits per heavy atom. The molecule has 0 fully saturated rings. The number of nitrogens with one attached hydrogen (secondary N) is 2. The van der Waals surface area contributed by atoms with E-state index in [9.17, 15) is 0 Å². The van der Waals surface area contributed by atoms with Gasteiger partial charge in [-0.2, -0.15) is 5.10 Å². The molecule has 0 bridgehead atoms. The maximum absolute atomic E-state index is 4.31. The van der Waals surface area contributed by atoms with Gasteiger partial charge in [0.05, 0.1) is 11.4 Å². The highest BCUT2D eigenvalue weighted by Gasteiger charge is 2.02. The number of rotatable bonds is 3. The lowest BCUT2D eigenvalue weighted by Crippen LogP contribution is -1.99. The molecule has 92 valence electrons. The smallest absolute Gasteiger partial charge is 0.0825 e. The molecule has 0 unspecified atom stereocenters. The maximum atomic E-state index is 4.31. The zero-order valence-electron chi connectivity index (χ0n) is 10.6. The summed E-state index contributed by atoms with van der Waals surface area (Å²) in [6.45, 7) is 2.82. The first-order valence-corrected chi connectivity index (χ1v) is 6.02. The molecule has 4 nitrogen and oxygen atoms in total. The maximum Gasteiger partial charge on any atom is 0.0825 e. The van der Waals surface area contributed by atoms with E-state index in [0.717, 1.165) is 17.9 Å². The summed E-state index contributed by atoms with van der Waals surface area (Å²) in [5.74, 6) is 0. The van der Waals surface area contributed by atoms with Crippen LogP contribution in [-0.4, -0.2) is 14.8 Å². The average Bonchev–Trinajstić information content (AvgIpc) is 2.92. The number of aryl methyl sites for hydroxylation is 2. The van der Waals surface area contributed by atoms with E-state index in [4.69, 9.17) is 0 Å². The number of aromatic amines is 1. The Morgan fingerprint density at radius 3 is 3.00 bits per heavy atom. The van der Waals surface area contributed by atoms with E-state index in [0.29, 0.717) is 0 Å². The van der Waals surface area contributed by atoms with E-state index in [1.807, 2.05) is 31.0 Å². The van der Waals surface area contributed by atoms with E-state index >= 15 is 0 Å². The van der Waals surface area contributed by atoms with Crippen LogP contribution in [-0.2, 0) is 13.6 Å². The van der Waals surface area contributed by atoms with Crippen molar-refractivity contribution >= 4 is 16.6 Å². The van der Waals surface area contributed by atoms with Crippen LogP contribution in [0.3, 0.4) is 0 Å². The summed E-state index contributed by atoms with van der Waals surface area (Å²) in [5.41, 5.74) is 4.56. The largest absolute Gasteiger partial charge is 0.378 e. The third-order valence-electron chi connectivity index (χ3n) is 3.11. The number of nitrogens with zero attached hydrogens (tertiary/aromatic N) is 2. The van der Waals surface area contributed by atoms with Crippen molar-refractivity contribution in [1.82, 2.24) is 14.8 Å². The van der Waals surface area contributed by atoms with E-state index in [2.05, 4.69) is 39.7 Å². The topological polar surface area (TPSA) is 45.6 Å². The molecule has 3 rings (SSSR count). The summed E-state index contributed by atoms with van der Waals surface area (Å²) in [7, 11) is 1.93. The Labute approximate surface area is 106 Å². The zero-order valence-corrected chi connectivity index (χ0v) is 10.6. The highest BCUT2D eigenvalue weighted by Crippen LogP contribution is 2.17. The monoisotopic (exact) mass is 240 g/mol. The standard InChI is InChI=1S/C14H16N4/c1-10-14(9-18(2)17-10)16-8-11-3-4-13-12(7-11)5-6-15-13/h3-7,9,15-16H,8H2,1-2H3. The lowest BCUT2D eigenvalue weighted by Gasteiger charge is -2.05. The van der Waals surface area contributed by atoms with Gasteiger partial charge < -0.3 is 10.3 Å². The minimum Gasteiger partial charge on any atom is -0.378 e. The lowest BCUT2D eigenvalue weighted by molar-refractivity contribution is 0.756. The fourth-order valence-corrected chi connectivity index (χ4v) is 2.18. The third-order valence-corrected chi connectivity index (χ3v) is 3.11. The second-order valence-corrected chi connectivity index (χ2v) is 4.55. The molecule has 0 aliphatic heterocycles. The van der Waals surface area contributed by atoms with Gasteiger partial charge in [-0.05, 0) is 36.1 Å². The molecule has 0 saturated carbocycles.